The number of hydrogen-bond acceptors (Lipinski definition) is 3. The van der Waals surface area contributed by atoms with Crippen LogP contribution in [0, 0.1) is 0 Å². The summed E-state index contributed by atoms with van der Waals surface area (Å²) in [7, 11) is 0. The van der Waals surface area contributed by atoms with Crippen LogP contribution in [-0.2, 0) is 6.42 Å². The van der Waals surface area contributed by atoms with Crippen molar-refractivity contribution in [3.8, 4) is 5.75 Å². The number of aliphatic hydroxyl groups is 1. The summed E-state index contributed by atoms with van der Waals surface area (Å²) in [6, 6.07) is 18.5. The smallest absolute Gasteiger partial charge is 0.268 e. The van der Waals surface area contributed by atoms with Crippen LogP contribution in [0.2, 0.25) is 10.0 Å². The first-order valence-electron chi connectivity index (χ1n) is 13.7. The van der Waals surface area contributed by atoms with Crippen molar-refractivity contribution < 1.29 is 23.0 Å². The molecular formula is C32H32Cl2F3NO2. The van der Waals surface area contributed by atoms with Gasteiger partial charge >= 0.3 is 0 Å². The summed E-state index contributed by atoms with van der Waals surface area (Å²) in [5.74, 6) is 0.761. The molecule has 5 rings (SSSR count). The van der Waals surface area contributed by atoms with Crippen molar-refractivity contribution in [1.82, 2.24) is 4.90 Å². The molecule has 1 aliphatic heterocycles. The summed E-state index contributed by atoms with van der Waals surface area (Å²) in [5.41, 5.74) is 5.90. The number of benzene rings is 3. The second-order valence-corrected chi connectivity index (χ2v) is 11.3. The quantitative estimate of drug-likeness (QED) is 0.272. The molecule has 0 saturated carbocycles. The standard InChI is InChI=1S/C32H32Cl2F3NO2/c33-23-8-12-27(29(34)18-23)28-4-1-3-21-17-22(31(39)32(36)37)7-11-26(21)30(28)20-5-9-24(10-6-20)40-25-13-16-38(19-25)15-2-14-35/h5-12,17-18,25,31-32,39H,1-4,13-16,19H2. The maximum Gasteiger partial charge on any atom is 0.268 e. The molecule has 0 spiro atoms. The van der Waals surface area contributed by atoms with E-state index >= 15 is 0 Å². The van der Waals surface area contributed by atoms with Crippen molar-refractivity contribution in [2.75, 3.05) is 26.3 Å². The summed E-state index contributed by atoms with van der Waals surface area (Å²) in [5, 5.41) is 11.1. The van der Waals surface area contributed by atoms with Gasteiger partial charge in [-0.2, -0.15) is 0 Å². The predicted molar refractivity (Wildman–Crippen MR) is 155 cm³/mol. The molecule has 2 unspecified atom stereocenters. The van der Waals surface area contributed by atoms with Gasteiger partial charge in [-0.3, -0.25) is 9.29 Å². The third-order valence-corrected chi connectivity index (χ3v) is 8.24. The third-order valence-electron chi connectivity index (χ3n) is 7.69. The van der Waals surface area contributed by atoms with Gasteiger partial charge in [-0.25, -0.2) is 8.78 Å². The van der Waals surface area contributed by atoms with Crippen molar-refractivity contribution in [3.63, 3.8) is 0 Å². The summed E-state index contributed by atoms with van der Waals surface area (Å²) in [4.78, 5) is 2.23. The highest BCUT2D eigenvalue weighted by Gasteiger charge is 2.26. The average Bonchev–Trinajstić information content (AvgIpc) is 3.30. The van der Waals surface area contributed by atoms with Crippen molar-refractivity contribution in [3.05, 3.63) is 98.5 Å². The Balaban J connectivity index is 1.51. The number of ether oxygens (including phenoxy) is 1. The van der Waals surface area contributed by atoms with Gasteiger partial charge in [0.05, 0.1) is 6.67 Å². The Morgan fingerprint density at radius 3 is 2.48 bits per heavy atom. The van der Waals surface area contributed by atoms with Crippen LogP contribution in [0.15, 0.2) is 60.7 Å². The van der Waals surface area contributed by atoms with E-state index in [2.05, 4.69) is 4.90 Å². The lowest BCUT2D eigenvalue weighted by atomic mass is 9.87. The predicted octanol–water partition coefficient (Wildman–Crippen LogP) is 8.40. The molecule has 0 bridgehead atoms. The molecule has 212 valence electrons. The molecule has 8 heteroatoms. The zero-order chi connectivity index (χ0) is 28.2. The lowest BCUT2D eigenvalue weighted by molar-refractivity contribution is -0.00581. The number of likely N-dealkylation sites (tertiary alicyclic amines) is 1. The van der Waals surface area contributed by atoms with Crippen LogP contribution in [-0.4, -0.2) is 48.8 Å². The number of aliphatic hydroxyl groups excluding tert-OH is 1. The molecule has 3 aromatic rings. The maximum atomic E-state index is 13.3. The van der Waals surface area contributed by atoms with Crippen LogP contribution in [0.3, 0.4) is 0 Å². The number of nitrogens with zero attached hydrogens (tertiary/aromatic N) is 1. The number of allylic oxidation sites excluding steroid dienone is 1. The highest BCUT2D eigenvalue weighted by molar-refractivity contribution is 6.36. The molecule has 40 heavy (non-hydrogen) atoms. The van der Waals surface area contributed by atoms with Crippen LogP contribution < -0.4 is 4.74 Å². The van der Waals surface area contributed by atoms with E-state index in [0.717, 1.165) is 78.0 Å². The van der Waals surface area contributed by atoms with Crippen molar-refractivity contribution in [2.24, 2.45) is 0 Å². The zero-order valence-electron chi connectivity index (χ0n) is 22.1. The van der Waals surface area contributed by atoms with Gasteiger partial charge in [0.2, 0.25) is 0 Å². The molecule has 3 aromatic carbocycles. The summed E-state index contributed by atoms with van der Waals surface area (Å²) in [6.07, 6.45) is -0.977. The normalized spacial score (nSPS) is 18.6. The minimum absolute atomic E-state index is 0.0615. The van der Waals surface area contributed by atoms with E-state index in [4.69, 9.17) is 27.9 Å². The van der Waals surface area contributed by atoms with Gasteiger partial charge < -0.3 is 9.84 Å². The molecule has 0 radical (unpaired) electrons. The molecule has 3 nitrogen and oxygen atoms in total. The van der Waals surface area contributed by atoms with Gasteiger partial charge in [-0.05, 0) is 95.3 Å². The maximum absolute atomic E-state index is 13.3. The van der Waals surface area contributed by atoms with Gasteiger partial charge in [0, 0.05) is 29.7 Å². The van der Waals surface area contributed by atoms with E-state index in [1.165, 1.54) is 0 Å². The fourth-order valence-electron chi connectivity index (χ4n) is 5.74. The first-order valence-corrected chi connectivity index (χ1v) is 14.4. The Morgan fingerprint density at radius 1 is 0.975 bits per heavy atom. The van der Waals surface area contributed by atoms with Gasteiger partial charge in [-0.1, -0.05) is 59.6 Å². The van der Waals surface area contributed by atoms with Gasteiger partial charge in [0.15, 0.2) is 0 Å². The summed E-state index contributed by atoms with van der Waals surface area (Å²) in [6.45, 7) is 2.13. The second-order valence-electron chi connectivity index (χ2n) is 10.4. The molecule has 0 amide bonds. The van der Waals surface area contributed by atoms with Crippen LogP contribution in [0.1, 0.15) is 59.6 Å². The highest BCUT2D eigenvalue weighted by Crippen LogP contribution is 2.43. The Hall–Kier alpha value is -2.51. The minimum atomic E-state index is -2.86. The van der Waals surface area contributed by atoms with Crippen molar-refractivity contribution >= 4 is 34.3 Å². The van der Waals surface area contributed by atoms with Crippen molar-refractivity contribution in [1.29, 1.82) is 0 Å². The molecule has 1 saturated heterocycles. The number of rotatable bonds is 9. The zero-order valence-corrected chi connectivity index (χ0v) is 23.6. The number of hydrogen-bond donors (Lipinski definition) is 1. The van der Waals surface area contributed by atoms with E-state index < -0.39 is 12.5 Å². The minimum Gasteiger partial charge on any atom is -0.489 e. The Kier molecular flexibility index (Phi) is 9.41. The molecule has 0 aromatic heterocycles. The van der Waals surface area contributed by atoms with E-state index in [0.29, 0.717) is 22.9 Å². The molecule has 2 aliphatic rings. The number of fused-ring (bicyclic) bond motifs is 1. The van der Waals surface area contributed by atoms with E-state index in [1.807, 2.05) is 42.5 Å². The highest BCUT2D eigenvalue weighted by atomic mass is 35.5. The van der Waals surface area contributed by atoms with Crippen LogP contribution in [0.4, 0.5) is 13.2 Å². The van der Waals surface area contributed by atoms with Crippen molar-refractivity contribution in [2.45, 2.75) is 50.7 Å². The lowest BCUT2D eigenvalue weighted by Crippen LogP contribution is -2.26. The van der Waals surface area contributed by atoms with E-state index in [-0.39, 0.29) is 18.3 Å². The van der Waals surface area contributed by atoms with Gasteiger partial charge in [0.1, 0.15) is 18.0 Å². The summed E-state index contributed by atoms with van der Waals surface area (Å²) < 4.78 is 45.3. The SMILES string of the molecule is OC(c1ccc2c(c1)CCCC(c1ccc(Cl)cc1Cl)=C2c1ccc(OC2CCN(CCCF)C2)cc1)C(F)F. The molecule has 1 N–H and O–H groups in total. The molecule has 2 atom stereocenters. The molecule has 1 fully saturated rings. The van der Waals surface area contributed by atoms with E-state index in [1.54, 1.807) is 18.2 Å². The number of aryl methyl sites for hydroxylation is 1. The topological polar surface area (TPSA) is 32.7 Å². The first kappa shape index (κ1) is 29.0. The molecule has 1 heterocycles. The number of halogens is 5. The second kappa shape index (κ2) is 13.0. The number of alkyl halides is 3. The Labute approximate surface area is 243 Å². The van der Waals surface area contributed by atoms with Crippen LogP contribution in [0.5, 0.6) is 5.75 Å². The average molecular weight is 591 g/mol. The molecule has 1 aliphatic carbocycles. The van der Waals surface area contributed by atoms with Gasteiger partial charge in [0.25, 0.3) is 6.43 Å². The van der Waals surface area contributed by atoms with Gasteiger partial charge in [-0.15, -0.1) is 0 Å². The Morgan fingerprint density at radius 2 is 1.75 bits per heavy atom. The van der Waals surface area contributed by atoms with E-state index in [9.17, 15) is 18.3 Å². The molecular weight excluding hydrogens is 558 g/mol. The van der Waals surface area contributed by atoms with Crippen LogP contribution in [0.25, 0.3) is 11.1 Å². The third kappa shape index (κ3) is 6.52. The largest absolute Gasteiger partial charge is 0.489 e. The Bertz CT molecular complexity index is 1360. The van der Waals surface area contributed by atoms with Crippen LogP contribution >= 0.6 is 23.2 Å². The summed E-state index contributed by atoms with van der Waals surface area (Å²) >= 11 is 12.9. The fourth-order valence-corrected chi connectivity index (χ4v) is 6.27. The monoisotopic (exact) mass is 589 g/mol. The first-order chi connectivity index (χ1) is 19.3. The fraction of sp³-hybridized carbons (Fsp3) is 0.375. The lowest BCUT2D eigenvalue weighted by Gasteiger charge is -2.20.